The lowest BCUT2D eigenvalue weighted by Gasteiger charge is -2.23. The molecule has 1 aromatic heterocycles. The van der Waals surface area contributed by atoms with Crippen LogP contribution in [0.15, 0.2) is 96.7 Å². The maximum Gasteiger partial charge on any atom is 0.420 e. The highest BCUT2D eigenvalue weighted by Gasteiger charge is 2.24. The van der Waals surface area contributed by atoms with E-state index in [4.69, 9.17) is 9.47 Å². The van der Waals surface area contributed by atoms with Gasteiger partial charge in [-0.25, -0.2) is 14.7 Å². The third-order valence-corrected chi connectivity index (χ3v) is 7.76. The third kappa shape index (κ3) is 9.56. The second kappa shape index (κ2) is 16.3. The maximum absolute atomic E-state index is 13.8. The molecule has 0 aliphatic heterocycles. The predicted octanol–water partition coefficient (Wildman–Crippen LogP) is 6.50. The number of nitrogens with zero attached hydrogens (tertiary/aromatic N) is 6. The fourth-order valence-electron chi connectivity index (χ4n) is 4.85. The summed E-state index contributed by atoms with van der Waals surface area (Å²) in [5, 5.41) is 15.5. The number of hydrogen-bond acceptors (Lipinski definition) is 10. The number of anilines is 6. The second-order valence-corrected chi connectivity index (χ2v) is 11.9. The van der Waals surface area contributed by atoms with Crippen molar-refractivity contribution in [2.24, 2.45) is 5.92 Å². The summed E-state index contributed by atoms with van der Waals surface area (Å²) in [4.78, 5) is 41.3. The van der Waals surface area contributed by atoms with Crippen molar-refractivity contribution in [3.05, 3.63) is 102 Å². The van der Waals surface area contributed by atoms with E-state index >= 15 is 0 Å². The molecule has 0 spiro atoms. The van der Waals surface area contributed by atoms with Crippen LogP contribution in [0.25, 0.3) is 0 Å². The van der Waals surface area contributed by atoms with Crippen LogP contribution in [-0.4, -0.2) is 68.2 Å². The Morgan fingerprint density at radius 3 is 2.49 bits per heavy atom. The molecule has 1 aliphatic carbocycles. The number of nitrogens with one attached hydrogen (secondary N) is 2. The summed E-state index contributed by atoms with van der Waals surface area (Å²) >= 11 is 0. The first-order valence-corrected chi connectivity index (χ1v) is 15.9. The number of carbonyl (C=O) groups is 2. The minimum Gasteiger partial charge on any atom is -0.494 e. The molecule has 5 rings (SSSR count). The van der Waals surface area contributed by atoms with E-state index in [1.165, 1.54) is 11.1 Å². The molecule has 0 atom stereocenters. The Kier molecular flexibility index (Phi) is 11.4. The molecule has 1 saturated carbocycles. The van der Waals surface area contributed by atoms with Crippen molar-refractivity contribution >= 4 is 46.5 Å². The molecule has 12 nitrogen and oxygen atoms in total. The molecule has 2 N–H and O–H groups in total. The molecular formula is C37H40N8O4. The summed E-state index contributed by atoms with van der Waals surface area (Å²) in [6.45, 7) is 1.77. The van der Waals surface area contributed by atoms with Gasteiger partial charge in [-0.05, 0) is 68.8 Å². The molecule has 0 radical (unpaired) electrons. The van der Waals surface area contributed by atoms with Crippen molar-refractivity contribution in [2.75, 3.05) is 61.8 Å². The Bertz CT molecular complexity index is 1840. The van der Waals surface area contributed by atoms with Crippen molar-refractivity contribution in [1.82, 2.24) is 14.9 Å². The highest BCUT2D eigenvalue weighted by molar-refractivity contribution is 6.07. The Morgan fingerprint density at radius 1 is 0.980 bits per heavy atom. The number of likely N-dealkylation sites (N-methyl/N-ethyl adjacent to an activating group) is 2. The van der Waals surface area contributed by atoms with E-state index in [0.29, 0.717) is 22.8 Å². The van der Waals surface area contributed by atoms with Crippen molar-refractivity contribution in [3.8, 4) is 11.8 Å². The number of rotatable bonds is 14. The number of methoxy groups -OCH3 is 1. The van der Waals surface area contributed by atoms with Crippen LogP contribution in [0.2, 0.25) is 0 Å². The van der Waals surface area contributed by atoms with Gasteiger partial charge in [-0.1, -0.05) is 42.5 Å². The number of amides is 2. The van der Waals surface area contributed by atoms with E-state index in [1.54, 1.807) is 43.5 Å². The van der Waals surface area contributed by atoms with Gasteiger partial charge in [-0.3, -0.25) is 4.79 Å². The van der Waals surface area contributed by atoms with Gasteiger partial charge in [0.2, 0.25) is 5.95 Å². The first-order chi connectivity index (χ1) is 23.7. The molecule has 1 aliphatic rings. The van der Waals surface area contributed by atoms with E-state index in [0.717, 1.165) is 37.2 Å². The molecular weight excluding hydrogens is 620 g/mol. The van der Waals surface area contributed by atoms with Crippen molar-refractivity contribution in [1.29, 1.82) is 5.26 Å². The predicted molar refractivity (Wildman–Crippen MR) is 190 cm³/mol. The molecule has 4 aromatic rings. The van der Waals surface area contributed by atoms with Gasteiger partial charge < -0.3 is 29.9 Å². The lowest BCUT2D eigenvalue weighted by atomic mass is 10.2. The van der Waals surface area contributed by atoms with Crippen LogP contribution < -0.4 is 25.2 Å². The lowest BCUT2D eigenvalue weighted by molar-refractivity contribution is -0.112. The first-order valence-electron chi connectivity index (χ1n) is 15.9. The average molecular weight is 661 g/mol. The number of aromatic nitrogens is 2. The normalized spacial score (nSPS) is 12.5. The number of carbonyl (C=O) groups excluding carboxylic acids is 2. The first kappa shape index (κ1) is 34.4. The van der Waals surface area contributed by atoms with Gasteiger partial charge in [0.05, 0.1) is 18.5 Å². The van der Waals surface area contributed by atoms with Gasteiger partial charge in [0.1, 0.15) is 29.8 Å². The molecule has 3 aromatic carbocycles. The van der Waals surface area contributed by atoms with E-state index in [2.05, 4.69) is 30.4 Å². The minimum atomic E-state index is -0.689. The van der Waals surface area contributed by atoms with Crippen molar-refractivity contribution in [2.45, 2.75) is 19.4 Å². The van der Waals surface area contributed by atoms with Gasteiger partial charge >= 0.3 is 6.09 Å². The highest BCUT2D eigenvalue weighted by Crippen LogP contribution is 2.34. The average Bonchev–Trinajstić information content (AvgIpc) is 3.94. The van der Waals surface area contributed by atoms with E-state index < -0.39 is 12.0 Å². The Hall–Kier alpha value is -5.93. The number of nitriles is 1. The van der Waals surface area contributed by atoms with Gasteiger partial charge in [0.25, 0.3) is 5.91 Å². The minimum absolute atomic E-state index is 0.0345. The topological polar surface area (TPSA) is 136 Å². The number of ether oxygens (including phenoxy) is 2. The van der Waals surface area contributed by atoms with Gasteiger partial charge in [0.15, 0.2) is 0 Å². The standard InChI is InChI=1S/C37H40N8O4/c1-43(2)19-20-44(3)30-15-16-32(33(23-30)48-4)41-36-39-18-17-34(42-36)45(37(47)49-25-27-9-6-5-7-10-27)31-12-8-11-29(22-31)40-35(46)28(24-38)21-26-13-14-26/h5-12,15-18,21-23,26H,13-14,19-20,25H2,1-4H3,(H,40,46)(H,39,41,42)/b28-21-. The number of allylic oxidation sites excluding steroid dienone is 1. The van der Waals surface area contributed by atoms with E-state index in [-0.39, 0.29) is 29.9 Å². The zero-order valence-electron chi connectivity index (χ0n) is 28.1. The molecule has 2 amide bonds. The molecule has 49 heavy (non-hydrogen) atoms. The van der Waals surface area contributed by atoms with Crippen LogP contribution in [0.5, 0.6) is 5.75 Å². The Balaban J connectivity index is 1.42. The largest absolute Gasteiger partial charge is 0.494 e. The van der Waals surface area contributed by atoms with Crippen molar-refractivity contribution < 1.29 is 19.1 Å². The highest BCUT2D eigenvalue weighted by atomic mass is 16.6. The quantitative estimate of drug-likeness (QED) is 0.114. The number of benzene rings is 3. The van der Waals surface area contributed by atoms with Gasteiger partial charge in [-0.2, -0.15) is 10.2 Å². The van der Waals surface area contributed by atoms with Crippen molar-refractivity contribution in [3.63, 3.8) is 0 Å². The van der Waals surface area contributed by atoms with Crippen LogP contribution >= 0.6 is 0 Å². The van der Waals surface area contributed by atoms with E-state index in [1.807, 2.05) is 75.7 Å². The van der Waals surface area contributed by atoms with Gasteiger partial charge in [-0.15, -0.1) is 0 Å². The molecule has 0 unspecified atom stereocenters. The summed E-state index contributed by atoms with van der Waals surface area (Å²) in [7, 11) is 7.69. The molecule has 0 bridgehead atoms. The summed E-state index contributed by atoms with van der Waals surface area (Å²) in [5.74, 6) is 0.790. The summed E-state index contributed by atoms with van der Waals surface area (Å²) in [6.07, 6.45) is 4.48. The van der Waals surface area contributed by atoms with Crippen LogP contribution in [0.4, 0.5) is 39.3 Å². The molecule has 1 fully saturated rings. The fraction of sp³-hybridized carbons (Fsp3) is 0.270. The molecule has 0 saturated heterocycles. The zero-order chi connectivity index (χ0) is 34.8. The van der Waals surface area contributed by atoms with Crippen LogP contribution in [0, 0.1) is 17.2 Å². The molecule has 12 heteroatoms. The summed E-state index contributed by atoms with van der Waals surface area (Å²) < 4.78 is 11.4. The maximum atomic E-state index is 13.8. The van der Waals surface area contributed by atoms with Crippen LogP contribution in [-0.2, 0) is 16.1 Å². The third-order valence-electron chi connectivity index (χ3n) is 7.76. The number of hydrogen-bond donors (Lipinski definition) is 2. The zero-order valence-corrected chi connectivity index (χ0v) is 28.1. The van der Waals surface area contributed by atoms with E-state index in [9.17, 15) is 14.9 Å². The molecule has 252 valence electrons. The monoisotopic (exact) mass is 660 g/mol. The molecule has 1 heterocycles. The van der Waals surface area contributed by atoms with Crippen LogP contribution in [0.3, 0.4) is 0 Å². The smallest absolute Gasteiger partial charge is 0.420 e. The Labute approximate surface area is 286 Å². The Morgan fingerprint density at radius 2 is 1.78 bits per heavy atom. The van der Waals surface area contributed by atoms with Crippen LogP contribution in [0.1, 0.15) is 18.4 Å². The summed E-state index contributed by atoms with van der Waals surface area (Å²) in [5.41, 5.74) is 3.28. The lowest BCUT2D eigenvalue weighted by Crippen LogP contribution is -2.28. The summed E-state index contributed by atoms with van der Waals surface area (Å²) in [6, 6.07) is 25.4. The fourth-order valence-corrected chi connectivity index (χ4v) is 4.85. The SMILES string of the molecule is COc1cc(N(C)CCN(C)C)ccc1Nc1nccc(N(C(=O)OCc2ccccc2)c2cccc(NC(=O)/C(C#N)=C\C3CC3)c2)n1. The van der Waals surface area contributed by atoms with Gasteiger partial charge in [0, 0.05) is 49.8 Å². The second-order valence-electron chi connectivity index (χ2n) is 11.9.